The second-order valence-electron chi connectivity index (χ2n) is 4.17. The van der Waals surface area contributed by atoms with Crippen molar-refractivity contribution in [1.29, 1.82) is 5.26 Å². The van der Waals surface area contributed by atoms with E-state index in [1.165, 1.54) is 0 Å². The van der Waals surface area contributed by atoms with Crippen molar-refractivity contribution in [1.82, 2.24) is 15.5 Å². The maximum atomic E-state index is 9.36. The van der Waals surface area contributed by atoms with E-state index in [1.807, 2.05) is 32.8 Å². The molecule has 0 radical (unpaired) electrons. The number of nitriles is 1. The molecule has 1 N–H and O–H groups in total. The van der Waals surface area contributed by atoms with Gasteiger partial charge in [0.05, 0.1) is 5.69 Å². The quantitative estimate of drug-likeness (QED) is 0.816. The van der Waals surface area contributed by atoms with E-state index in [0.29, 0.717) is 11.4 Å². The fraction of sp³-hybridized carbons (Fsp3) is 0.615. The van der Waals surface area contributed by atoms with Gasteiger partial charge >= 0.3 is 0 Å². The minimum atomic E-state index is 0.669. The lowest BCUT2D eigenvalue weighted by Crippen LogP contribution is -2.29. The molecule has 0 saturated heterocycles. The molecule has 1 aromatic rings. The largest absolute Gasteiger partial charge is 0.356 e. The highest BCUT2D eigenvalue weighted by Gasteiger charge is 2.16. The van der Waals surface area contributed by atoms with Gasteiger partial charge in [0.15, 0.2) is 5.82 Å². The standard InChI is InChI=1S/C13H21N5/c1-5-10-11(9-14)13(17-16-12(10)6-2)18(4)8-7-15-3/h15H,5-8H2,1-4H3. The maximum Gasteiger partial charge on any atom is 0.169 e. The van der Waals surface area contributed by atoms with E-state index in [2.05, 4.69) is 21.6 Å². The zero-order chi connectivity index (χ0) is 13.5. The number of rotatable bonds is 6. The van der Waals surface area contributed by atoms with E-state index in [1.54, 1.807) is 0 Å². The topological polar surface area (TPSA) is 64.8 Å². The van der Waals surface area contributed by atoms with Crippen molar-refractivity contribution >= 4 is 5.82 Å². The molecule has 0 unspecified atom stereocenters. The van der Waals surface area contributed by atoms with Gasteiger partial charge in [0.1, 0.15) is 11.6 Å². The molecule has 1 heterocycles. The second-order valence-corrected chi connectivity index (χ2v) is 4.17. The second kappa shape index (κ2) is 6.92. The number of hydrogen-bond acceptors (Lipinski definition) is 5. The van der Waals surface area contributed by atoms with Crippen LogP contribution in [0.15, 0.2) is 0 Å². The highest BCUT2D eigenvalue weighted by molar-refractivity contribution is 5.57. The predicted molar refractivity (Wildman–Crippen MR) is 72.7 cm³/mol. The van der Waals surface area contributed by atoms with E-state index in [9.17, 15) is 5.26 Å². The van der Waals surface area contributed by atoms with Crippen LogP contribution in [0.25, 0.3) is 0 Å². The highest BCUT2D eigenvalue weighted by Crippen LogP contribution is 2.22. The lowest BCUT2D eigenvalue weighted by Gasteiger charge is -2.20. The summed E-state index contributed by atoms with van der Waals surface area (Å²) >= 11 is 0. The third-order valence-corrected chi connectivity index (χ3v) is 3.00. The van der Waals surface area contributed by atoms with Crippen LogP contribution in [0.4, 0.5) is 5.82 Å². The number of nitrogens with one attached hydrogen (secondary N) is 1. The molecule has 0 aliphatic rings. The Labute approximate surface area is 109 Å². The van der Waals surface area contributed by atoms with Crippen molar-refractivity contribution in [2.75, 3.05) is 32.1 Å². The molecule has 1 rings (SSSR count). The fourth-order valence-electron chi connectivity index (χ4n) is 1.93. The molecule has 0 aliphatic carbocycles. The molecule has 0 amide bonds. The summed E-state index contributed by atoms with van der Waals surface area (Å²) in [5.74, 6) is 0.682. The summed E-state index contributed by atoms with van der Waals surface area (Å²) in [6.45, 7) is 5.73. The maximum absolute atomic E-state index is 9.36. The minimum Gasteiger partial charge on any atom is -0.356 e. The van der Waals surface area contributed by atoms with E-state index in [0.717, 1.165) is 37.2 Å². The van der Waals surface area contributed by atoms with Gasteiger partial charge in [0.25, 0.3) is 0 Å². The van der Waals surface area contributed by atoms with Crippen LogP contribution in [0, 0.1) is 11.3 Å². The van der Waals surface area contributed by atoms with Crippen LogP contribution in [0.3, 0.4) is 0 Å². The van der Waals surface area contributed by atoms with Gasteiger partial charge in [-0.15, -0.1) is 5.10 Å². The van der Waals surface area contributed by atoms with Crippen molar-refractivity contribution in [2.24, 2.45) is 0 Å². The van der Waals surface area contributed by atoms with Crippen LogP contribution >= 0.6 is 0 Å². The average molecular weight is 247 g/mol. The monoisotopic (exact) mass is 247 g/mol. The molecular formula is C13H21N5. The SMILES string of the molecule is CCc1nnc(N(C)CCNC)c(C#N)c1CC. The first kappa shape index (κ1) is 14.4. The molecule has 0 spiro atoms. The summed E-state index contributed by atoms with van der Waals surface area (Å²) in [6.07, 6.45) is 1.62. The molecule has 0 aromatic carbocycles. The molecule has 1 aromatic heterocycles. The minimum absolute atomic E-state index is 0.669. The Morgan fingerprint density at radius 3 is 2.50 bits per heavy atom. The molecular weight excluding hydrogens is 226 g/mol. The molecule has 18 heavy (non-hydrogen) atoms. The predicted octanol–water partition coefficient (Wildman–Crippen LogP) is 1.13. The Morgan fingerprint density at radius 1 is 1.28 bits per heavy atom. The number of nitrogens with zero attached hydrogens (tertiary/aromatic N) is 4. The van der Waals surface area contributed by atoms with Crippen LogP contribution in [-0.2, 0) is 12.8 Å². The van der Waals surface area contributed by atoms with Crippen LogP contribution < -0.4 is 10.2 Å². The Balaban J connectivity index is 3.17. The van der Waals surface area contributed by atoms with Crippen molar-refractivity contribution in [2.45, 2.75) is 26.7 Å². The summed E-state index contributed by atoms with van der Waals surface area (Å²) in [6, 6.07) is 2.28. The van der Waals surface area contributed by atoms with Gasteiger partial charge in [-0.3, -0.25) is 0 Å². The van der Waals surface area contributed by atoms with Crippen molar-refractivity contribution in [3.05, 3.63) is 16.8 Å². The normalized spacial score (nSPS) is 10.2. The summed E-state index contributed by atoms with van der Waals surface area (Å²) in [5.41, 5.74) is 2.63. The number of likely N-dealkylation sites (N-methyl/N-ethyl adjacent to an activating group) is 2. The van der Waals surface area contributed by atoms with Crippen LogP contribution in [0.2, 0.25) is 0 Å². The zero-order valence-corrected chi connectivity index (χ0v) is 11.6. The van der Waals surface area contributed by atoms with E-state index in [-0.39, 0.29) is 0 Å². The van der Waals surface area contributed by atoms with Gasteiger partial charge in [0.2, 0.25) is 0 Å². The molecule has 5 nitrogen and oxygen atoms in total. The Bertz CT molecular complexity index is 436. The lowest BCUT2D eigenvalue weighted by atomic mass is 10.0. The summed E-state index contributed by atoms with van der Waals surface area (Å²) < 4.78 is 0. The first-order chi connectivity index (χ1) is 8.69. The van der Waals surface area contributed by atoms with Gasteiger partial charge in [-0.2, -0.15) is 10.4 Å². The van der Waals surface area contributed by atoms with Gasteiger partial charge in [-0.05, 0) is 25.5 Å². The van der Waals surface area contributed by atoms with E-state index in [4.69, 9.17) is 0 Å². The van der Waals surface area contributed by atoms with Crippen molar-refractivity contribution < 1.29 is 0 Å². The summed E-state index contributed by atoms with van der Waals surface area (Å²) in [5, 5.41) is 20.9. The number of aryl methyl sites for hydroxylation is 1. The smallest absolute Gasteiger partial charge is 0.169 e. The molecule has 0 saturated carbocycles. The molecule has 0 fully saturated rings. The van der Waals surface area contributed by atoms with Gasteiger partial charge in [-0.1, -0.05) is 13.8 Å². The van der Waals surface area contributed by atoms with Crippen molar-refractivity contribution in [3.63, 3.8) is 0 Å². The summed E-state index contributed by atoms with van der Waals surface area (Å²) in [7, 11) is 3.84. The van der Waals surface area contributed by atoms with E-state index >= 15 is 0 Å². The average Bonchev–Trinajstić information content (AvgIpc) is 2.42. The Kier molecular flexibility index (Phi) is 5.53. The van der Waals surface area contributed by atoms with Gasteiger partial charge in [0, 0.05) is 20.1 Å². The first-order valence-electron chi connectivity index (χ1n) is 6.33. The fourth-order valence-corrected chi connectivity index (χ4v) is 1.93. The van der Waals surface area contributed by atoms with Gasteiger partial charge in [-0.25, -0.2) is 0 Å². The van der Waals surface area contributed by atoms with E-state index < -0.39 is 0 Å². The Morgan fingerprint density at radius 2 is 2.00 bits per heavy atom. The first-order valence-corrected chi connectivity index (χ1v) is 6.33. The summed E-state index contributed by atoms with van der Waals surface area (Å²) in [4.78, 5) is 1.97. The highest BCUT2D eigenvalue weighted by atomic mass is 15.3. The number of hydrogen-bond donors (Lipinski definition) is 1. The van der Waals surface area contributed by atoms with Crippen LogP contribution in [0.5, 0.6) is 0 Å². The molecule has 5 heteroatoms. The molecule has 0 atom stereocenters. The molecule has 0 bridgehead atoms. The third kappa shape index (κ3) is 2.96. The molecule has 98 valence electrons. The van der Waals surface area contributed by atoms with Crippen LogP contribution in [0.1, 0.15) is 30.7 Å². The zero-order valence-electron chi connectivity index (χ0n) is 11.6. The van der Waals surface area contributed by atoms with Gasteiger partial charge < -0.3 is 10.2 Å². The van der Waals surface area contributed by atoms with Crippen molar-refractivity contribution in [3.8, 4) is 6.07 Å². The third-order valence-electron chi connectivity index (χ3n) is 3.00. The lowest BCUT2D eigenvalue weighted by molar-refractivity contribution is 0.748. The number of anilines is 1. The number of aromatic nitrogens is 2. The Hall–Kier alpha value is -1.67. The molecule has 0 aliphatic heterocycles. The van der Waals surface area contributed by atoms with Crippen LogP contribution in [-0.4, -0.2) is 37.4 Å².